The van der Waals surface area contributed by atoms with Crippen LogP contribution in [0.5, 0.6) is 0 Å². The van der Waals surface area contributed by atoms with Gasteiger partial charge in [-0.1, -0.05) is 0 Å². The maximum absolute atomic E-state index is 9.13. The van der Waals surface area contributed by atoms with Crippen molar-refractivity contribution in [3.05, 3.63) is 0 Å². The van der Waals surface area contributed by atoms with Crippen molar-refractivity contribution < 1.29 is 14.6 Å². The second-order valence-electron chi connectivity index (χ2n) is 2.65. The van der Waals surface area contributed by atoms with Gasteiger partial charge in [0, 0.05) is 12.8 Å². The van der Waals surface area contributed by atoms with E-state index < -0.39 is 0 Å². The average molecular weight is 130 g/mol. The molecule has 1 N–H and O–H groups in total. The molecule has 2 heterocycles. The Morgan fingerprint density at radius 1 is 1.33 bits per heavy atom. The monoisotopic (exact) mass is 130 g/mol. The van der Waals surface area contributed by atoms with E-state index in [9.17, 15) is 0 Å². The molecule has 2 rings (SSSR count). The fraction of sp³-hybridized carbons (Fsp3) is 1.00. The predicted octanol–water partition coefficient (Wildman–Crippen LogP) is -0.117. The van der Waals surface area contributed by atoms with E-state index in [2.05, 4.69) is 0 Å². The second kappa shape index (κ2) is 1.94. The van der Waals surface area contributed by atoms with Gasteiger partial charge in [0.05, 0.1) is 18.8 Å². The first-order chi connectivity index (χ1) is 4.34. The van der Waals surface area contributed by atoms with Crippen LogP contribution in [0.15, 0.2) is 0 Å². The van der Waals surface area contributed by atoms with Crippen LogP contribution in [0.4, 0.5) is 0 Å². The Morgan fingerprint density at radius 3 is 3.00 bits per heavy atom. The molecule has 3 atom stereocenters. The molecule has 0 spiro atoms. The average Bonchev–Trinajstić information content (AvgIpc) is 2.11. The molecule has 9 heavy (non-hydrogen) atoms. The van der Waals surface area contributed by atoms with Crippen LogP contribution in [0, 0.1) is 0 Å². The van der Waals surface area contributed by atoms with Gasteiger partial charge in [-0.15, -0.1) is 0 Å². The van der Waals surface area contributed by atoms with Crippen molar-refractivity contribution in [2.45, 2.75) is 31.3 Å². The van der Waals surface area contributed by atoms with Gasteiger partial charge < -0.3 is 14.6 Å². The zero-order chi connectivity index (χ0) is 6.27. The lowest BCUT2D eigenvalue weighted by Crippen LogP contribution is -2.28. The molecule has 0 aromatic rings. The molecule has 0 aromatic heterocycles. The molecule has 0 amide bonds. The number of fused-ring (bicyclic) bond motifs is 2. The Labute approximate surface area is 53.6 Å². The summed E-state index contributed by atoms with van der Waals surface area (Å²) in [6, 6.07) is 0. The van der Waals surface area contributed by atoms with Crippen LogP contribution >= 0.6 is 0 Å². The zero-order valence-electron chi connectivity index (χ0n) is 5.12. The van der Waals surface area contributed by atoms with Gasteiger partial charge in [-0.2, -0.15) is 0 Å². The molecule has 3 nitrogen and oxygen atoms in total. The van der Waals surface area contributed by atoms with Gasteiger partial charge in [0.1, 0.15) is 0 Å². The molecule has 2 aliphatic heterocycles. The number of aliphatic hydroxyl groups excluding tert-OH is 1. The summed E-state index contributed by atoms with van der Waals surface area (Å²) in [6.45, 7) is 0.668. The topological polar surface area (TPSA) is 38.7 Å². The molecule has 1 unspecified atom stereocenters. The SMILES string of the molecule is O[C@@H]1CC2OC[C@H](C1)O2. The van der Waals surface area contributed by atoms with E-state index in [0.29, 0.717) is 13.0 Å². The Hall–Kier alpha value is -0.120. The van der Waals surface area contributed by atoms with Crippen molar-refractivity contribution in [2.75, 3.05) is 6.61 Å². The highest BCUT2D eigenvalue weighted by Crippen LogP contribution is 2.26. The Kier molecular flexibility index (Phi) is 1.22. The van der Waals surface area contributed by atoms with Crippen LogP contribution in [0.25, 0.3) is 0 Å². The van der Waals surface area contributed by atoms with E-state index in [0.717, 1.165) is 6.42 Å². The molecule has 0 saturated carbocycles. The van der Waals surface area contributed by atoms with Gasteiger partial charge in [0.2, 0.25) is 0 Å². The van der Waals surface area contributed by atoms with E-state index in [4.69, 9.17) is 14.6 Å². The zero-order valence-corrected chi connectivity index (χ0v) is 5.12. The molecule has 2 bridgehead atoms. The van der Waals surface area contributed by atoms with Gasteiger partial charge in [-0.05, 0) is 0 Å². The van der Waals surface area contributed by atoms with Gasteiger partial charge >= 0.3 is 0 Å². The largest absolute Gasteiger partial charge is 0.393 e. The number of ether oxygens (including phenoxy) is 2. The molecule has 0 aromatic carbocycles. The molecule has 2 fully saturated rings. The van der Waals surface area contributed by atoms with E-state index in [1.165, 1.54) is 0 Å². The number of rotatable bonds is 0. The maximum Gasteiger partial charge on any atom is 0.160 e. The Morgan fingerprint density at radius 2 is 2.22 bits per heavy atom. The molecule has 2 saturated heterocycles. The van der Waals surface area contributed by atoms with Gasteiger partial charge in [-0.3, -0.25) is 0 Å². The van der Waals surface area contributed by atoms with E-state index >= 15 is 0 Å². The first-order valence-electron chi connectivity index (χ1n) is 3.30. The standard InChI is InChI=1S/C6H10O3/c7-4-1-5-3-8-6(2-4)9-5/h4-7H,1-3H2/t4-,5-,6?/m0/s1. The van der Waals surface area contributed by atoms with Crippen molar-refractivity contribution in [3.8, 4) is 0 Å². The van der Waals surface area contributed by atoms with Crippen LogP contribution in [0.1, 0.15) is 12.8 Å². The summed E-state index contributed by atoms with van der Waals surface area (Å²) in [5.74, 6) is 0. The van der Waals surface area contributed by atoms with Crippen LogP contribution in [0.2, 0.25) is 0 Å². The summed E-state index contributed by atoms with van der Waals surface area (Å²) in [4.78, 5) is 0. The third-order valence-corrected chi connectivity index (χ3v) is 1.81. The smallest absolute Gasteiger partial charge is 0.160 e. The van der Waals surface area contributed by atoms with Crippen molar-refractivity contribution in [2.24, 2.45) is 0 Å². The van der Waals surface area contributed by atoms with Gasteiger partial charge in [0.15, 0.2) is 6.29 Å². The number of hydrogen-bond donors (Lipinski definition) is 1. The van der Waals surface area contributed by atoms with Crippen molar-refractivity contribution >= 4 is 0 Å². The van der Waals surface area contributed by atoms with Crippen LogP contribution < -0.4 is 0 Å². The number of hydrogen-bond acceptors (Lipinski definition) is 3. The Balaban J connectivity index is 2.03. The fourth-order valence-corrected chi connectivity index (χ4v) is 1.38. The first-order valence-corrected chi connectivity index (χ1v) is 3.30. The maximum atomic E-state index is 9.13. The molecule has 0 radical (unpaired) electrons. The van der Waals surface area contributed by atoms with E-state index in [1.54, 1.807) is 0 Å². The summed E-state index contributed by atoms with van der Waals surface area (Å²) in [5, 5.41) is 9.13. The van der Waals surface area contributed by atoms with Crippen molar-refractivity contribution in [3.63, 3.8) is 0 Å². The molecule has 0 aliphatic carbocycles. The molecular weight excluding hydrogens is 120 g/mol. The molecule has 3 heteroatoms. The predicted molar refractivity (Wildman–Crippen MR) is 29.9 cm³/mol. The minimum absolute atomic E-state index is 0.112. The highest BCUT2D eigenvalue weighted by atomic mass is 16.7. The highest BCUT2D eigenvalue weighted by Gasteiger charge is 2.34. The summed E-state index contributed by atoms with van der Waals surface area (Å²) in [7, 11) is 0. The third kappa shape index (κ3) is 0.956. The summed E-state index contributed by atoms with van der Waals surface area (Å²) < 4.78 is 10.5. The van der Waals surface area contributed by atoms with Gasteiger partial charge in [0.25, 0.3) is 0 Å². The lowest BCUT2D eigenvalue weighted by atomic mass is 10.1. The summed E-state index contributed by atoms with van der Waals surface area (Å²) in [5.41, 5.74) is 0. The van der Waals surface area contributed by atoms with Crippen molar-refractivity contribution in [1.29, 1.82) is 0 Å². The van der Waals surface area contributed by atoms with E-state index in [-0.39, 0.29) is 18.5 Å². The van der Waals surface area contributed by atoms with Crippen LogP contribution in [-0.4, -0.2) is 30.2 Å². The molecular formula is C6H10O3. The van der Waals surface area contributed by atoms with Crippen LogP contribution in [-0.2, 0) is 9.47 Å². The van der Waals surface area contributed by atoms with Crippen LogP contribution in [0.3, 0.4) is 0 Å². The number of aliphatic hydroxyl groups is 1. The molecule has 2 aliphatic rings. The Bertz CT molecular complexity index is 103. The summed E-state index contributed by atoms with van der Waals surface area (Å²) >= 11 is 0. The normalized spacial score (nSPS) is 49.7. The quantitative estimate of drug-likeness (QED) is 0.497. The minimum Gasteiger partial charge on any atom is -0.393 e. The second-order valence-corrected chi connectivity index (χ2v) is 2.65. The highest BCUT2D eigenvalue weighted by molar-refractivity contribution is 4.77. The molecule has 52 valence electrons. The minimum atomic E-state index is -0.198. The lowest BCUT2D eigenvalue weighted by Gasteiger charge is -2.21. The summed E-state index contributed by atoms with van der Waals surface area (Å²) in [6.07, 6.45) is 1.25. The van der Waals surface area contributed by atoms with E-state index in [1.807, 2.05) is 0 Å². The van der Waals surface area contributed by atoms with Crippen molar-refractivity contribution in [1.82, 2.24) is 0 Å². The first kappa shape index (κ1) is 5.65. The lowest BCUT2D eigenvalue weighted by molar-refractivity contribution is -0.116. The van der Waals surface area contributed by atoms with Gasteiger partial charge in [-0.25, -0.2) is 0 Å². The third-order valence-electron chi connectivity index (χ3n) is 1.81. The fourth-order valence-electron chi connectivity index (χ4n) is 1.38.